The van der Waals surface area contributed by atoms with E-state index in [0.29, 0.717) is 5.56 Å². The monoisotopic (exact) mass is 243 g/mol. The Hall–Kier alpha value is -0.610. The molecule has 1 aromatic rings. The fraction of sp³-hybridized carbons (Fsp3) is 0.250. The fourth-order valence-corrected chi connectivity index (χ4v) is 1.51. The number of alkyl halides is 4. The van der Waals surface area contributed by atoms with E-state index in [4.69, 9.17) is 28.9 Å². The van der Waals surface area contributed by atoms with E-state index in [0.717, 1.165) is 6.07 Å². The van der Waals surface area contributed by atoms with Crippen LogP contribution in [0.25, 0.3) is 0 Å². The normalized spacial score (nSPS) is 11.8. The van der Waals surface area contributed by atoms with Gasteiger partial charge in [-0.1, -0.05) is 17.7 Å². The second-order valence-electron chi connectivity index (χ2n) is 2.63. The van der Waals surface area contributed by atoms with Gasteiger partial charge in [0.1, 0.15) is 0 Å². The topological polar surface area (TPSA) is 26.0 Å². The molecule has 0 bridgehead atoms. The van der Waals surface area contributed by atoms with Crippen LogP contribution in [0.15, 0.2) is 12.1 Å². The molecule has 14 heavy (non-hydrogen) atoms. The van der Waals surface area contributed by atoms with Crippen LogP contribution in [-0.4, -0.2) is 0 Å². The molecule has 0 spiro atoms. The molecule has 78 valence electrons. The van der Waals surface area contributed by atoms with Gasteiger partial charge in [-0.25, -0.2) is 0 Å². The summed E-state index contributed by atoms with van der Waals surface area (Å²) in [5.41, 5.74) is 4.21. The van der Waals surface area contributed by atoms with Crippen LogP contribution in [0.3, 0.4) is 0 Å². The summed E-state index contributed by atoms with van der Waals surface area (Å²) in [6.45, 7) is 0. The van der Waals surface area contributed by atoms with Gasteiger partial charge in [-0.2, -0.15) is 13.2 Å². The van der Waals surface area contributed by atoms with E-state index in [1.54, 1.807) is 0 Å². The minimum absolute atomic E-state index is 0.0289. The Bertz CT molecular complexity index is 349. The molecule has 0 aliphatic rings. The van der Waals surface area contributed by atoms with Crippen molar-refractivity contribution >= 4 is 28.9 Å². The van der Waals surface area contributed by atoms with Gasteiger partial charge in [0.05, 0.1) is 16.3 Å². The molecular formula is C8H6Cl2F3N. The highest BCUT2D eigenvalue weighted by Gasteiger charge is 2.33. The average molecular weight is 244 g/mol. The van der Waals surface area contributed by atoms with Crippen molar-refractivity contribution in [1.82, 2.24) is 0 Å². The highest BCUT2D eigenvalue weighted by atomic mass is 35.5. The third-order valence-electron chi connectivity index (χ3n) is 1.71. The van der Waals surface area contributed by atoms with Gasteiger partial charge in [-0.3, -0.25) is 0 Å². The number of hydrogen-bond donors (Lipinski definition) is 1. The number of hydrogen-bond acceptors (Lipinski definition) is 1. The second-order valence-corrected chi connectivity index (χ2v) is 3.28. The molecule has 2 N–H and O–H groups in total. The van der Waals surface area contributed by atoms with E-state index < -0.39 is 17.4 Å². The highest BCUT2D eigenvalue weighted by molar-refractivity contribution is 6.34. The summed E-state index contributed by atoms with van der Waals surface area (Å²) in [7, 11) is 0. The summed E-state index contributed by atoms with van der Waals surface area (Å²) in [6, 6.07) is 2.09. The Morgan fingerprint density at radius 2 is 1.86 bits per heavy atom. The molecule has 0 unspecified atom stereocenters. The van der Waals surface area contributed by atoms with Gasteiger partial charge in [0.15, 0.2) is 0 Å². The molecule has 1 nitrogen and oxygen atoms in total. The molecule has 0 aliphatic heterocycles. The molecule has 0 atom stereocenters. The standard InChI is InChI=1S/C8H6Cl2F3N/c9-3-4-1-2-5(8(11,12)13)7(14)6(4)10/h1-2H,3,14H2. The van der Waals surface area contributed by atoms with Crippen molar-refractivity contribution in [3.63, 3.8) is 0 Å². The lowest BCUT2D eigenvalue weighted by atomic mass is 10.1. The summed E-state index contributed by atoms with van der Waals surface area (Å²) in [5, 5.41) is -0.130. The van der Waals surface area contributed by atoms with Crippen molar-refractivity contribution in [3.8, 4) is 0 Å². The maximum Gasteiger partial charge on any atom is 0.418 e. The van der Waals surface area contributed by atoms with Crippen LogP contribution >= 0.6 is 23.2 Å². The Kier molecular flexibility index (Phi) is 3.17. The van der Waals surface area contributed by atoms with Gasteiger partial charge >= 0.3 is 6.18 Å². The minimum Gasteiger partial charge on any atom is -0.397 e. The summed E-state index contributed by atoms with van der Waals surface area (Å²) in [6.07, 6.45) is -4.49. The minimum atomic E-state index is -4.49. The molecule has 0 amide bonds. The first-order chi connectivity index (χ1) is 6.38. The summed E-state index contributed by atoms with van der Waals surface area (Å²) < 4.78 is 36.9. The van der Waals surface area contributed by atoms with E-state index in [2.05, 4.69) is 0 Å². The predicted molar refractivity (Wildman–Crippen MR) is 50.4 cm³/mol. The molecule has 0 saturated heterocycles. The zero-order valence-electron chi connectivity index (χ0n) is 6.83. The Balaban J connectivity index is 3.31. The van der Waals surface area contributed by atoms with Crippen molar-refractivity contribution in [2.24, 2.45) is 0 Å². The molecule has 0 aromatic heterocycles. The van der Waals surface area contributed by atoms with E-state index in [1.807, 2.05) is 0 Å². The smallest absolute Gasteiger partial charge is 0.397 e. The van der Waals surface area contributed by atoms with Crippen molar-refractivity contribution in [2.45, 2.75) is 12.1 Å². The molecule has 0 radical (unpaired) electrons. The predicted octanol–water partition coefficient (Wildman–Crippen LogP) is 3.68. The molecule has 6 heteroatoms. The fourth-order valence-electron chi connectivity index (χ4n) is 0.988. The van der Waals surface area contributed by atoms with Gasteiger partial charge in [-0.15, -0.1) is 11.6 Å². The molecule has 1 rings (SSSR count). The number of nitrogen functional groups attached to an aromatic ring is 1. The summed E-state index contributed by atoms with van der Waals surface area (Å²) in [5.74, 6) is 0.0289. The van der Waals surface area contributed by atoms with Gasteiger partial charge in [0.2, 0.25) is 0 Å². The van der Waals surface area contributed by atoms with E-state index in [9.17, 15) is 13.2 Å². The first kappa shape index (κ1) is 11.5. The van der Waals surface area contributed by atoms with Crippen LogP contribution in [0.5, 0.6) is 0 Å². The lowest BCUT2D eigenvalue weighted by Gasteiger charge is -2.12. The van der Waals surface area contributed by atoms with Crippen LogP contribution in [-0.2, 0) is 12.1 Å². The lowest BCUT2D eigenvalue weighted by molar-refractivity contribution is -0.136. The molecule has 0 heterocycles. The second kappa shape index (κ2) is 3.87. The van der Waals surface area contributed by atoms with Crippen LogP contribution in [0.1, 0.15) is 11.1 Å². The Morgan fingerprint density at radius 1 is 1.29 bits per heavy atom. The van der Waals surface area contributed by atoms with E-state index in [1.165, 1.54) is 6.07 Å². The van der Waals surface area contributed by atoms with E-state index >= 15 is 0 Å². The summed E-state index contributed by atoms with van der Waals surface area (Å²) >= 11 is 11.0. The van der Waals surface area contributed by atoms with Gasteiger partial charge < -0.3 is 5.73 Å². The molecule has 0 fully saturated rings. The maximum absolute atomic E-state index is 12.3. The first-order valence-corrected chi connectivity index (χ1v) is 4.49. The molecule has 0 saturated carbocycles. The highest BCUT2D eigenvalue weighted by Crippen LogP contribution is 2.38. The quantitative estimate of drug-likeness (QED) is 0.591. The van der Waals surface area contributed by atoms with Crippen LogP contribution in [0.4, 0.5) is 18.9 Å². The van der Waals surface area contributed by atoms with Crippen LogP contribution in [0.2, 0.25) is 5.02 Å². The molecular weight excluding hydrogens is 238 g/mol. The van der Waals surface area contributed by atoms with Crippen molar-refractivity contribution in [1.29, 1.82) is 0 Å². The van der Waals surface area contributed by atoms with Crippen molar-refractivity contribution in [2.75, 3.05) is 5.73 Å². The average Bonchev–Trinajstić information content (AvgIpc) is 2.07. The van der Waals surface area contributed by atoms with Gasteiger partial charge in [0, 0.05) is 5.88 Å². The number of rotatable bonds is 1. The van der Waals surface area contributed by atoms with Crippen LogP contribution < -0.4 is 5.73 Å². The van der Waals surface area contributed by atoms with Crippen molar-refractivity contribution < 1.29 is 13.2 Å². The SMILES string of the molecule is Nc1c(C(F)(F)F)ccc(CCl)c1Cl. The third-order valence-corrected chi connectivity index (χ3v) is 2.44. The summed E-state index contributed by atoms with van der Waals surface area (Å²) in [4.78, 5) is 0. The Morgan fingerprint density at radius 3 is 2.29 bits per heavy atom. The zero-order valence-corrected chi connectivity index (χ0v) is 8.34. The number of halogens is 5. The lowest BCUT2D eigenvalue weighted by Crippen LogP contribution is -2.09. The zero-order chi connectivity index (χ0) is 10.9. The first-order valence-electron chi connectivity index (χ1n) is 3.58. The molecule has 0 aliphatic carbocycles. The third kappa shape index (κ3) is 2.07. The van der Waals surface area contributed by atoms with Crippen molar-refractivity contribution in [3.05, 3.63) is 28.3 Å². The van der Waals surface area contributed by atoms with Gasteiger partial charge in [0.25, 0.3) is 0 Å². The van der Waals surface area contributed by atoms with E-state index in [-0.39, 0.29) is 10.9 Å². The van der Waals surface area contributed by atoms with Gasteiger partial charge in [-0.05, 0) is 11.6 Å². The van der Waals surface area contributed by atoms with Crippen LogP contribution in [0, 0.1) is 0 Å². The maximum atomic E-state index is 12.3. The number of benzene rings is 1. The number of anilines is 1. The largest absolute Gasteiger partial charge is 0.418 e. The number of nitrogens with two attached hydrogens (primary N) is 1. The molecule has 1 aromatic carbocycles. The Labute approximate surface area is 88.6 Å².